The molecule has 0 radical (unpaired) electrons. The Labute approximate surface area is 165 Å². The summed E-state index contributed by atoms with van der Waals surface area (Å²) in [6, 6.07) is 1.53. The fraction of sp³-hybridized carbons (Fsp3) is 0.556. The maximum absolute atomic E-state index is 12.4. The number of aryl methyl sites for hydroxylation is 1. The van der Waals surface area contributed by atoms with Gasteiger partial charge in [0.2, 0.25) is 5.91 Å². The molecule has 0 spiro atoms. The maximum atomic E-state index is 12.4. The minimum atomic E-state index is -0.636. The Bertz CT molecular complexity index is 875. The zero-order chi connectivity index (χ0) is 19.2. The first-order chi connectivity index (χ1) is 12.9. The molecule has 27 heavy (non-hydrogen) atoms. The number of hydrogen-bond donors (Lipinski definition) is 1. The molecule has 2 fully saturated rings. The predicted molar refractivity (Wildman–Crippen MR) is 101 cm³/mol. The van der Waals surface area contributed by atoms with E-state index in [9.17, 15) is 19.6 Å². The van der Waals surface area contributed by atoms with Gasteiger partial charge >= 0.3 is 5.97 Å². The third-order valence-electron chi connectivity index (χ3n) is 5.35. The Morgan fingerprint density at radius 1 is 1.41 bits per heavy atom. The highest BCUT2D eigenvalue weighted by Gasteiger charge is 2.53. The maximum Gasteiger partial charge on any atom is 0.330 e. The molecule has 2 amide bonds. The van der Waals surface area contributed by atoms with Crippen molar-refractivity contribution in [2.75, 3.05) is 17.7 Å². The molecule has 7 nitrogen and oxygen atoms in total. The molecular formula is C18H19N3O4S2. The summed E-state index contributed by atoms with van der Waals surface area (Å²) >= 11 is 3.00. The van der Waals surface area contributed by atoms with Gasteiger partial charge in [-0.05, 0) is 38.2 Å². The first-order valence-corrected chi connectivity index (χ1v) is 10.7. The molecule has 1 aromatic heterocycles. The molecule has 1 aliphatic carbocycles. The summed E-state index contributed by atoms with van der Waals surface area (Å²) in [5.41, 5.74) is 1.56. The molecule has 0 unspecified atom stereocenters. The van der Waals surface area contributed by atoms with Gasteiger partial charge < -0.3 is 15.0 Å². The Kier molecular flexibility index (Phi) is 4.64. The summed E-state index contributed by atoms with van der Waals surface area (Å²) in [5, 5.41) is 12.6. The normalized spacial score (nSPS) is 25.9. The van der Waals surface area contributed by atoms with Crippen molar-refractivity contribution in [1.82, 2.24) is 4.90 Å². The molecule has 4 rings (SSSR count). The smallest absolute Gasteiger partial charge is 0.330 e. The average Bonchev–Trinajstić information content (AvgIpc) is 3.35. The highest BCUT2D eigenvalue weighted by atomic mass is 32.2. The Morgan fingerprint density at radius 2 is 2.22 bits per heavy atom. The van der Waals surface area contributed by atoms with Gasteiger partial charge in [-0.3, -0.25) is 9.59 Å². The number of anilines is 1. The van der Waals surface area contributed by atoms with E-state index in [0.29, 0.717) is 22.7 Å². The highest BCUT2D eigenvalue weighted by molar-refractivity contribution is 8.01. The average molecular weight is 406 g/mol. The first-order valence-electron chi connectivity index (χ1n) is 8.90. The number of nitrogens with one attached hydrogen (secondary N) is 1. The van der Waals surface area contributed by atoms with Crippen LogP contribution in [0.1, 0.15) is 42.2 Å². The Hall–Kier alpha value is -2.05. The van der Waals surface area contributed by atoms with Crippen molar-refractivity contribution >= 4 is 45.9 Å². The van der Waals surface area contributed by atoms with Crippen LogP contribution in [-0.2, 0) is 32.0 Å². The van der Waals surface area contributed by atoms with E-state index in [1.54, 1.807) is 16.7 Å². The molecule has 0 bridgehead atoms. The van der Waals surface area contributed by atoms with Crippen LogP contribution in [0.3, 0.4) is 0 Å². The molecule has 0 saturated carbocycles. The SMILES string of the molecule is C[C@@]12CCC(=O)N1[C@@H](C(=O)OCC(=O)Nc1sc3c(c1C#N)CCC3)CS2. The zero-order valence-electron chi connectivity index (χ0n) is 14.9. The zero-order valence-corrected chi connectivity index (χ0v) is 16.5. The molecular weight excluding hydrogens is 386 g/mol. The monoisotopic (exact) mass is 405 g/mol. The van der Waals surface area contributed by atoms with Crippen LogP contribution >= 0.6 is 23.1 Å². The summed E-state index contributed by atoms with van der Waals surface area (Å²) in [5.74, 6) is -0.578. The van der Waals surface area contributed by atoms with Gasteiger partial charge in [0.05, 0.1) is 10.4 Å². The summed E-state index contributed by atoms with van der Waals surface area (Å²) in [4.78, 5) is 39.1. The van der Waals surface area contributed by atoms with Crippen molar-refractivity contribution in [2.24, 2.45) is 0 Å². The van der Waals surface area contributed by atoms with Gasteiger partial charge in [0.15, 0.2) is 6.61 Å². The van der Waals surface area contributed by atoms with E-state index in [1.165, 1.54) is 11.3 Å². The lowest BCUT2D eigenvalue weighted by atomic mass is 10.1. The van der Waals surface area contributed by atoms with E-state index in [0.717, 1.165) is 36.1 Å². The van der Waals surface area contributed by atoms with Crippen LogP contribution in [0.2, 0.25) is 0 Å². The number of fused-ring (bicyclic) bond motifs is 2. The van der Waals surface area contributed by atoms with Crippen LogP contribution in [0.5, 0.6) is 0 Å². The third-order valence-corrected chi connectivity index (χ3v) is 8.06. The Morgan fingerprint density at radius 3 is 3.00 bits per heavy atom. The van der Waals surface area contributed by atoms with E-state index < -0.39 is 24.5 Å². The van der Waals surface area contributed by atoms with Gasteiger partial charge in [-0.1, -0.05) is 0 Å². The van der Waals surface area contributed by atoms with E-state index >= 15 is 0 Å². The lowest BCUT2D eigenvalue weighted by Gasteiger charge is -2.29. The van der Waals surface area contributed by atoms with Crippen LogP contribution in [0.15, 0.2) is 0 Å². The topological polar surface area (TPSA) is 99.5 Å². The largest absolute Gasteiger partial charge is 0.454 e. The molecule has 2 atom stereocenters. The number of carbonyl (C=O) groups is 3. The van der Waals surface area contributed by atoms with E-state index in [-0.39, 0.29) is 10.8 Å². The summed E-state index contributed by atoms with van der Waals surface area (Å²) in [7, 11) is 0. The minimum absolute atomic E-state index is 0.0411. The van der Waals surface area contributed by atoms with E-state index in [4.69, 9.17) is 4.74 Å². The van der Waals surface area contributed by atoms with Crippen molar-refractivity contribution in [3.63, 3.8) is 0 Å². The predicted octanol–water partition coefficient (Wildman–Crippen LogP) is 2.04. The standard InChI is InChI=1S/C18H19N3O4S2/c1-18-6-5-15(23)21(18)12(9-26-18)17(24)25-8-14(22)20-16-11(7-19)10-3-2-4-13(10)27-16/h12H,2-6,8-9H2,1H3,(H,20,22)/t12-,18-/m1/s1. The molecule has 1 N–H and O–H groups in total. The van der Waals surface area contributed by atoms with Crippen molar-refractivity contribution in [1.29, 1.82) is 5.26 Å². The summed E-state index contributed by atoms with van der Waals surface area (Å²) < 4.78 is 5.18. The number of esters is 1. The number of nitrogens with zero attached hydrogens (tertiary/aromatic N) is 2. The quantitative estimate of drug-likeness (QED) is 0.770. The van der Waals surface area contributed by atoms with Gasteiger partial charge in [-0.25, -0.2) is 4.79 Å². The van der Waals surface area contributed by atoms with Crippen molar-refractivity contribution in [3.8, 4) is 6.07 Å². The molecule has 2 aliphatic heterocycles. The van der Waals surface area contributed by atoms with Gasteiger partial charge in [0, 0.05) is 17.1 Å². The fourth-order valence-corrected chi connectivity index (χ4v) is 6.67. The lowest BCUT2D eigenvalue weighted by Crippen LogP contribution is -2.47. The van der Waals surface area contributed by atoms with Crippen molar-refractivity contribution < 1.29 is 19.1 Å². The van der Waals surface area contributed by atoms with Crippen molar-refractivity contribution in [3.05, 3.63) is 16.0 Å². The molecule has 3 heterocycles. The second-order valence-electron chi connectivity index (χ2n) is 7.09. The van der Waals surface area contributed by atoms with E-state index in [1.807, 2.05) is 6.92 Å². The van der Waals surface area contributed by atoms with E-state index in [2.05, 4.69) is 11.4 Å². The second kappa shape index (κ2) is 6.84. The number of thiophene rings is 1. The van der Waals surface area contributed by atoms with Crippen LogP contribution in [0.25, 0.3) is 0 Å². The molecule has 1 aromatic rings. The van der Waals surface area contributed by atoms with Crippen LogP contribution in [-0.4, -0.2) is 46.0 Å². The van der Waals surface area contributed by atoms with Gasteiger partial charge in [0.25, 0.3) is 5.91 Å². The number of carbonyl (C=O) groups excluding carboxylic acids is 3. The molecule has 3 aliphatic rings. The van der Waals surface area contributed by atoms with Gasteiger partial charge in [-0.2, -0.15) is 5.26 Å². The molecule has 142 valence electrons. The Balaban J connectivity index is 1.36. The summed E-state index contributed by atoms with van der Waals surface area (Å²) in [6.45, 7) is 1.54. The fourth-order valence-electron chi connectivity index (χ4n) is 4.00. The lowest BCUT2D eigenvalue weighted by molar-refractivity contribution is -0.155. The number of thioether (sulfide) groups is 1. The van der Waals surface area contributed by atoms with Gasteiger partial charge in [-0.15, -0.1) is 23.1 Å². The van der Waals surface area contributed by atoms with Gasteiger partial charge in [0.1, 0.15) is 17.1 Å². The number of ether oxygens (including phenoxy) is 1. The molecule has 0 aromatic carbocycles. The number of rotatable bonds is 4. The van der Waals surface area contributed by atoms with Crippen molar-refractivity contribution in [2.45, 2.75) is 49.9 Å². The van der Waals surface area contributed by atoms with Crippen LogP contribution in [0, 0.1) is 11.3 Å². The second-order valence-corrected chi connectivity index (χ2v) is 9.70. The number of nitriles is 1. The number of amides is 2. The third kappa shape index (κ3) is 3.11. The molecule has 9 heteroatoms. The van der Waals surface area contributed by atoms with Crippen LogP contribution in [0.4, 0.5) is 5.00 Å². The highest BCUT2D eigenvalue weighted by Crippen LogP contribution is 2.47. The first kappa shape index (κ1) is 18.3. The minimum Gasteiger partial charge on any atom is -0.454 e. The number of hydrogen-bond acceptors (Lipinski definition) is 7. The molecule has 2 saturated heterocycles. The van der Waals surface area contributed by atoms with Crippen LogP contribution < -0.4 is 5.32 Å². The summed E-state index contributed by atoms with van der Waals surface area (Å²) in [6.07, 6.45) is 3.99.